The number of likely N-dealkylation sites (tertiary alicyclic amines) is 1. The van der Waals surface area contributed by atoms with Gasteiger partial charge >= 0.3 is 6.03 Å². The van der Waals surface area contributed by atoms with Gasteiger partial charge in [-0.1, -0.05) is 0 Å². The van der Waals surface area contributed by atoms with Crippen molar-refractivity contribution in [2.45, 2.75) is 18.5 Å². The zero-order valence-corrected chi connectivity index (χ0v) is 7.62. The van der Waals surface area contributed by atoms with Gasteiger partial charge < -0.3 is 21.3 Å². The Morgan fingerprint density at radius 1 is 1.46 bits per heavy atom. The minimum atomic E-state index is -0.295. The fourth-order valence-corrected chi connectivity index (χ4v) is 1.84. The largest absolute Gasteiger partial charge is 0.351 e. The number of urea groups is 1. The molecule has 13 heavy (non-hydrogen) atoms. The van der Waals surface area contributed by atoms with Gasteiger partial charge in [0.15, 0.2) is 0 Å². The van der Waals surface area contributed by atoms with Crippen LogP contribution in [0.5, 0.6) is 0 Å². The van der Waals surface area contributed by atoms with Crippen molar-refractivity contribution >= 4 is 6.03 Å². The fraction of sp³-hybridized carbons (Fsp3) is 0.875. The van der Waals surface area contributed by atoms with Gasteiger partial charge in [-0.2, -0.15) is 0 Å². The molecule has 0 saturated carbocycles. The number of rotatable bonds is 2. The Morgan fingerprint density at radius 3 is 2.69 bits per heavy atom. The number of hydrogen-bond acceptors (Lipinski definition) is 3. The van der Waals surface area contributed by atoms with Gasteiger partial charge in [-0.25, -0.2) is 4.79 Å². The van der Waals surface area contributed by atoms with Crippen LogP contribution in [0.2, 0.25) is 0 Å². The lowest BCUT2D eigenvalue weighted by Gasteiger charge is -2.30. The van der Waals surface area contributed by atoms with E-state index in [-0.39, 0.29) is 6.03 Å². The molecule has 2 saturated heterocycles. The molecule has 5 heteroatoms. The van der Waals surface area contributed by atoms with Gasteiger partial charge in [0.2, 0.25) is 0 Å². The Balaban J connectivity index is 1.74. The van der Waals surface area contributed by atoms with E-state index in [1.807, 2.05) is 0 Å². The summed E-state index contributed by atoms with van der Waals surface area (Å²) in [5.41, 5.74) is 5.18. The van der Waals surface area contributed by atoms with Gasteiger partial charge in [-0.05, 0) is 6.42 Å². The lowest BCUT2D eigenvalue weighted by molar-refractivity contribution is 0.216. The summed E-state index contributed by atoms with van der Waals surface area (Å²) in [5.74, 6) is 0. The van der Waals surface area contributed by atoms with Gasteiger partial charge in [0, 0.05) is 38.3 Å². The highest BCUT2D eigenvalue weighted by Crippen LogP contribution is 2.09. The molecular formula is C8H16N4O. The zero-order valence-electron chi connectivity index (χ0n) is 7.62. The van der Waals surface area contributed by atoms with Crippen LogP contribution in [0.4, 0.5) is 4.79 Å². The zero-order chi connectivity index (χ0) is 9.26. The molecule has 2 amide bonds. The molecule has 0 aromatic heterocycles. The maximum Gasteiger partial charge on any atom is 0.314 e. The summed E-state index contributed by atoms with van der Waals surface area (Å²) < 4.78 is 0. The third-order valence-electron chi connectivity index (χ3n) is 2.75. The maximum absolute atomic E-state index is 10.8. The van der Waals surface area contributed by atoms with Gasteiger partial charge in [-0.3, -0.25) is 0 Å². The highest BCUT2D eigenvalue weighted by atomic mass is 16.2. The molecule has 0 radical (unpaired) electrons. The number of nitrogens with zero attached hydrogens (tertiary/aromatic N) is 1. The van der Waals surface area contributed by atoms with Crippen molar-refractivity contribution in [3.05, 3.63) is 0 Å². The van der Waals surface area contributed by atoms with Crippen molar-refractivity contribution in [2.24, 2.45) is 5.73 Å². The molecule has 0 spiro atoms. The summed E-state index contributed by atoms with van der Waals surface area (Å²) in [5, 5.41) is 6.69. The van der Waals surface area contributed by atoms with Crippen LogP contribution in [-0.2, 0) is 0 Å². The second-order valence-corrected chi connectivity index (χ2v) is 3.79. The van der Waals surface area contributed by atoms with E-state index in [0.29, 0.717) is 12.1 Å². The van der Waals surface area contributed by atoms with E-state index in [1.54, 1.807) is 4.90 Å². The van der Waals surface area contributed by atoms with Gasteiger partial charge in [0.1, 0.15) is 0 Å². The molecule has 2 fully saturated rings. The number of amides is 2. The van der Waals surface area contributed by atoms with Crippen molar-refractivity contribution in [3.8, 4) is 0 Å². The molecule has 0 bridgehead atoms. The molecule has 0 aromatic rings. The average Bonchev–Trinajstić information content (AvgIpc) is 2.44. The molecule has 2 aliphatic rings. The first kappa shape index (κ1) is 8.77. The molecule has 5 nitrogen and oxygen atoms in total. The minimum absolute atomic E-state index is 0.295. The number of nitrogens with one attached hydrogen (secondary N) is 2. The molecular weight excluding hydrogens is 168 g/mol. The Labute approximate surface area is 77.6 Å². The lowest BCUT2D eigenvalue weighted by atomic mass is 10.1. The van der Waals surface area contributed by atoms with Crippen LogP contribution >= 0.6 is 0 Å². The Hall–Kier alpha value is -0.810. The molecule has 1 unspecified atom stereocenters. The highest BCUT2D eigenvalue weighted by molar-refractivity contribution is 5.72. The third-order valence-corrected chi connectivity index (χ3v) is 2.75. The number of carbonyl (C=O) groups excluding carboxylic acids is 1. The van der Waals surface area contributed by atoms with Gasteiger partial charge in [0.25, 0.3) is 0 Å². The van der Waals surface area contributed by atoms with Crippen LogP contribution in [0.25, 0.3) is 0 Å². The van der Waals surface area contributed by atoms with E-state index in [0.717, 1.165) is 32.6 Å². The number of hydrogen-bond donors (Lipinski definition) is 3. The smallest absolute Gasteiger partial charge is 0.314 e. The first-order valence-electron chi connectivity index (χ1n) is 4.77. The Morgan fingerprint density at radius 2 is 2.23 bits per heavy atom. The highest BCUT2D eigenvalue weighted by Gasteiger charge is 2.28. The maximum atomic E-state index is 10.8. The number of carbonyl (C=O) groups is 1. The first-order chi connectivity index (χ1) is 6.25. The molecule has 74 valence electrons. The van der Waals surface area contributed by atoms with Crippen molar-refractivity contribution in [2.75, 3.05) is 26.2 Å². The first-order valence-corrected chi connectivity index (χ1v) is 4.77. The second kappa shape index (κ2) is 3.51. The van der Waals surface area contributed by atoms with Crippen LogP contribution in [0.15, 0.2) is 0 Å². The summed E-state index contributed by atoms with van der Waals surface area (Å²) in [6.45, 7) is 3.67. The van der Waals surface area contributed by atoms with Crippen LogP contribution in [-0.4, -0.2) is 49.2 Å². The molecule has 2 rings (SSSR count). The molecule has 2 heterocycles. The lowest BCUT2D eigenvalue weighted by Crippen LogP contribution is -2.58. The monoisotopic (exact) mass is 184 g/mol. The van der Waals surface area contributed by atoms with Gasteiger partial charge in [0.05, 0.1) is 0 Å². The third kappa shape index (κ3) is 1.92. The SMILES string of the molecule is NC(=O)N1CCC(NC2CNC2)C1. The van der Waals surface area contributed by atoms with Crippen LogP contribution in [0.3, 0.4) is 0 Å². The van der Waals surface area contributed by atoms with Crippen molar-refractivity contribution < 1.29 is 4.79 Å². The van der Waals surface area contributed by atoms with Crippen LogP contribution in [0.1, 0.15) is 6.42 Å². The van der Waals surface area contributed by atoms with E-state index in [1.165, 1.54) is 0 Å². The topological polar surface area (TPSA) is 70.4 Å². The van der Waals surface area contributed by atoms with E-state index in [2.05, 4.69) is 10.6 Å². The normalized spacial score (nSPS) is 28.9. The molecule has 0 aliphatic carbocycles. The van der Waals surface area contributed by atoms with Crippen molar-refractivity contribution in [3.63, 3.8) is 0 Å². The van der Waals surface area contributed by atoms with E-state index < -0.39 is 0 Å². The van der Waals surface area contributed by atoms with Crippen LogP contribution < -0.4 is 16.4 Å². The number of primary amides is 1. The van der Waals surface area contributed by atoms with E-state index in [9.17, 15) is 4.79 Å². The van der Waals surface area contributed by atoms with Crippen molar-refractivity contribution in [1.82, 2.24) is 15.5 Å². The number of nitrogens with two attached hydrogens (primary N) is 1. The van der Waals surface area contributed by atoms with Crippen LogP contribution in [0, 0.1) is 0 Å². The summed E-state index contributed by atoms with van der Waals surface area (Å²) in [6, 6.07) is 0.744. The molecule has 0 aromatic carbocycles. The van der Waals surface area contributed by atoms with Gasteiger partial charge in [-0.15, -0.1) is 0 Å². The molecule has 4 N–H and O–H groups in total. The second-order valence-electron chi connectivity index (χ2n) is 3.79. The standard InChI is InChI=1S/C8H16N4O/c9-8(13)12-2-1-6(5-12)11-7-3-10-4-7/h6-7,10-11H,1-5H2,(H2,9,13). The summed E-state index contributed by atoms with van der Waals surface area (Å²) in [6.07, 6.45) is 1.03. The summed E-state index contributed by atoms with van der Waals surface area (Å²) >= 11 is 0. The Kier molecular flexibility index (Phi) is 2.37. The van der Waals surface area contributed by atoms with Crippen molar-refractivity contribution in [1.29, 1.82) is 0 Å². The Bertz CT molecular complexity index is 204. The predicted octanol–water partition coefficient (Wildman–Crippen LogP) is -1.30. The average molecular weight is 184 g/mol. The minimum Gasteiger partial charge on any atom is -0.351 e. The fourth-order valence-electron chi connectivity index (χ4n) is 1.84. The summed E-state index contributed by atoms with van der Waals surface area (Å²) in [7, 11) is 0. The predicted molar refractivity (Wildman–Crippen MR) is 49.4 cm³/mol. The van der Waals surface area contributed by atoms with E-state index in [4.69, 9.17) is 5.73 Å². The summed E-state index contributed by atoms with van der Waals surface area (Å²) in [4.78, 5) is 12.5. The van der Waals surface area contributed by atoms with E-state index >= 15 is 0 Å². The molecule has 1 atom stereocenters. The quantitative estimate of drug-likeness (QED) is 0.499. The molecule has 2 aliphatic heterocycles.